The van der Waals surface area contributed by atoms with E-state index in [0.29, 0.717) is 0 Å². The van der Waals surface area contributed by atoms with Crippen LogP contribution in [0.15, 0.2) is 30.2 Å². The van der Waals surface area contributed by atoms with E-state index in [1.807, 2.05) is 12.3 Å². The first-order chi connectivity index (χ1) is 7.27. The van der Waals surface area contributed by atoms with E-state index in [0.717, 1.165) is 23.4 Å². The van der Waals surface area contributed by atoms with Gasteiger partial charge in [-0.2, -0.15) is 0 Å². The molecular formula is C11H14N4. The van der Waals surface area contributed by atoms with Crippen molar-refractivity contribution >= 4 is 16.9 Å². The standard InChI is InChI=1S/C11H14N4/c1-8(2)3-5-12-10-9-4-6-13-11(9)15-7-14-10/h3-4,6-7H,5H2,1-2H3,(H2,12,13,14,15). The Labute approximate surface area is 88.4 Å². The van der Waals surface area contributed by atoms with E-state index in [4.69, 9.17) is 0 Å². The lowest BCUT2D eigenvalue weighted by molar-refractivity contribution is 1.16. The summed E-state index contributed by atoms with van der Waals surface area (Å²) in [5.41, 5.74) is 2.16. The van der Waals surface area contributed by atoms with Gasteiger partial charge < -0.3 is 10.3 Å². The Bertz CT molecular complexity index is 480. The number of hydrogen-bond donors (Lipinski definition) is 2. The molecule has 0 saturated heterocycles. The lowest BCUT2D eigenvalue weighted by Gasteiger charge is -2.03. The van der Waals surface area contributed by atoms with Gasteiger partial charge in [0, 0.05) is 12.7 Å². The Morgan fingerprint density at radius 2 is 2.33 bits per heavy atom. The summed E-state index contributed by atoms with van der Waals surface area (Å²) in [5.74, 6) is 0.874. The van der Waals surface area contributed by atoms with Crippen LogP contribution in [0.5, 0.6) is 0 Å². The number of aromatic nitrogens is 3. The lowest BCUT2D eigenvalue weighted by Crippen LogP contribution is -2.01. The van der Waals surface area contributed by atoms with Crippen LogP contribution in [0.2, 0.25) is 0 Å². The SMILES string of the molecule is CC(C)=CCNc1ncnc2[nH]ccc12. The summed E-state index contributed by atoms with van der Waals surface area (Å²) in [7, 11) is 0. The van der Waals surface area contributed by atoms with E-state index in [9.17, 15) is 0 Å². The zero-order chi connectivity index (χ0) is 10.7. The molecule has 0 aliphatic heterocycles. The fraction of sp³-hybridized carbons (Fsp3) is 0.273. The van der Waals surface area contributed by atoms with E-state index in [-0.39, 0.29) is 0 Å². The summed E-state index contributed by atoms with van der Waals surface area (Å²) in [4.78, 5) is 11.4. The minimum absolute atomic E-state index is 0.791. The van der Waals surface area contributed by atoms with Gasteiger partial charge in [-0.25, -0.2) is 9.97 Å². The van der Waals surface area contributed by atoms with E-state index >= 15 is 0 Å². The third-order valence-electron chi connectivity index (χ3n) is 2.13. The number of nitrogens with zero attached hydrogens (tertiary/aromatic N) is 2. The van der Waals surface area contributed by atoms with Crippen LogP contribution in [0.25, 0.3) is 11.0 Å². The maximum Gasteiger partial charge on any atom is 0.142 e. The first-order valence-corrected chi connectivity index (χ1v) is 4.92. The van der Waals surface area contributed by atoms with E-state index in [1.54, 1.807) is 6.33 Å². The van der Waals surface area contributed by atoms with Crippen molar-refractivity contribution in [2.24, 2.45) is 0 Å². The summed E-state index contributed by atoms with van der Waals surface area (Å²) in [6.45, 7) is 4.95. The normalized spacial score (nSPS) is 10.3. The summed E-state index contributed by atoms with van der Waals surface area (Å²) < 4.78 is 0. The highest BCUT2D eigenvalue weighted by Gasteiger charge is 2.01. The van der Waals surface area contributed by atoms with Crippen LogP contribution in [0.4, 0.5) is 5.82 Å². The monoisotopic (exact) mass is 202 g/mol. The van der Waals surface area contributed by atoms with Gasteiger partial charge in [0.15, 0.2) is 0 Å². The van der Waals surface area contributed by atoms with Gasteiger partial charge in [0.2, 0.25) is 0 Å². The Hall–Kier alpha value is -1.84. The van der Waals surface area contributed by atoms with Gasteiger partial charge >= 0.3 is 0 Å². The van der Waals surface area contributed by atoms with Crippen molar-refractivity contribution in [2.45, 2.75) is 13.8 Å². The van der Waals surface area contributed by atoms with Crippen LogP contribution in [0.1, 0.15) is 13.8 Å². The number of rotatable bonds is 3. The maximum absolute atomic E-state index is 4.20. The second kappa shape index (κ2) is 4.13. The van der Waals surface area contributed by atoms with E-state index in [1.165, 1.54) is 5.57 Å². The topological polar surface area (TPSA) is 53.6 Å². The zero-order valence-corrected chi connectivity index (χ0v) is 8.91. The molecule has 0 amide bonds. The summed E-state index contributed by atoms with van der Waals surface area (Å²) >= 11 is 0. The van der Waals surface area contributed by atoms with Crippen LogP contribution in [0, 0.1) is 0 Å². The zero-order valence-electron chi connectivity index (χ0n) is 8.91. The molecule has 0 fully saturated rings. The molecule has 2 aromatic heterocycles. The molecule has 4 nitrogen and oxygen atoms in total. The fourth-order valence-electron chi connectivity index (χ4n) is 1.37. The average molecular weight is 202 g/mol. The molecule has 2 N–H and O–H groups in total. The van der Waals surface area contributed by atoms with Gasteiger partial charge in [-0.05, 0) is 19.9 Å². The molecule has 15 heavy (non-hydrogen) atoms. The minimum atomic E-state index is 0.791. The van der Waals surface area contributed by atoms with Crippen molar-refractivity contribution < 1.29 is 0 Å². The van der Waals surface area contributed by atoms with Crippen molar-refractivity contribution in [2.75, 3.05) is 11.9 Å². The molecule has 0 atom stereocenters. The van der Waals surface area contributed by atoms with Gasteiger partial charge in [-0.3, -0.25) is 0 Å². The van der Waals surface area contributed by atoms with Crippen molar-refractivity contribution in [1.82, 2.24) is 15.0 Å². The van der Waals surface area contributed by atoms with Crippen molar-refractivity contribution in [3.63, 3.8) is 0 Å². The molecule has 0 saturated carbocycles. The molecule has 0 radical (unpaired) electrons. The highest BCUT2D eigenvalue weighted by Crippen LogP contribution is 2.16. The number of anilines is 1. The fourth-order valence-corrected chi connectivity index (χ4v) is 1.37. The average Bonchev–Trinajstić information content (AvgIpc) is 2.65. The molecule has 4 heteroatoms. The predicted molar refractivity (Wildman–Crippen MR) is 61.8 cm³/mol. The van der Waals surface area contributed by atoms with Gasteiger partial charge in [0.1, 0.15) is 17.8 Å². The number of nitrogens with one attached hydrogen (secondary N) is 2. The molecule has 0 unspecified atom stereocenters. The van der Waals surface area contributed by atoms with Gasteiger partial charge in [-0.15, -0.1) is 0 Å². The second-order valence-corrected chi connectivity index (χ2v) is 3.62. The van der Waals surface area contributed by atoms with Crippen LogP contribution in [-0.4, -0.2) is 21.5 Å². The van der Waals surface area contributed by atoms with Gasteiger partial charge in [0.05, 0.1) is 5.39 Å². The Balaban J connectivity index is 2.20. The highest BCUT2D eigenvalue weighted by molar-refractivity contribution is 5.86. The maximum atomic E-state index is 4.20. The Kier molecular flexibility index (Phi) is 2.67. The molecule has 0 aliphatic rings. The van der Waals surface area contributed by atoms with Crippen LogP contribution in [0.3, 0.4) is 0 Å². The number of H-pyrrole nitrogens is 1. The molecule has 78 valence electrons. The molecule has 0 aliphatic carbocycles. The van der Waals surface area contributed by atoms with Crippen molar-refractivity contribution in [3.05, 3.63) is 30.2 Å². The third kappa shape index (κ3) is 2.15. The van der Waals surface area contributed by atoms with Gasteiger partial charge in [-0.1, -0.05) is 11.6 Å². The first-order valence-electron chi connectivity index (χ1n) is 4.92. The van der Waals surface area contributed by atoms with E-state index < -0.39 is 0 Å². The first kappa shape index (κ1) is 9.71. The summed E-state index contributed by atoms with van der Waals surface area (Å²) in [6, 6.07) is 1.97. The molecule has 0 spiro atoms. The summed E-state index contributed by atoms with van der Waals surface area (Å²) in [5, 5.41) is 4.29. The van der Waals surface area contributed by atoms with Crippen LogP contribution < -0.4 is 5.32 Å². The molecule has 0 aromatic carbocycles. The lowest BCUT2D eigenvalue weighted by atomic mass is 10.3. The number of hydrogen-bond acceptors (Lipinski definition) is 3. The number of allylic oxidation sites excluding steroid dienone is 1. The largest absolute Gasteiger partial charge is 0.366 e. The minimum Gasteiger partial charge on any atom is -0.366 e. The van der Waals surface area contributed by atoms with Crippen molar-refractivity contribution in [1.29, 1.82) is 0 Å². The van der Waals surface area contributed by atoms with E-state index in [2.05, 4.69) is 40.2 Å². The van der Waals surface area contributed by atoms with Crippen molar-refractivity contribution in [3.8, 4) is 0 Å². The molecule has 2 rings (SSSR count). The van der Waals surface area contributed by atoms with Crippen LogP contribution in [-0.2, 0) is 0 Å². The molecule has 2 heterocycles. The molecular weight excluding hydrogens is 188 g/mol. The highest BCUT2D eigenvalue weighted by atomic mass is 15.0. The molecule has 2 aromatic rings. The number of fused-ring (bicyclic) bond motifs is 1. The quantitative estimate of drug-likeness (QED) is 0.751. The van der Waals surface area contributed by atoms with Gasteiger partial charge in [0.25, 0.3) is 0 Å². The van der Waals surface area contributed by atoms with Crippen LogP contribution >= 0.6 is 0 Å². The Morgan fingerprint density at radius 3 is 3.13 bits per heavy atom. The second-order valence-electron chi connectivity index (χ2n) is 3.62. The smallest absolute Gasteiger partial charge is 0.142 e. The molecule has 0 bridgehead atoms. The third-order valence-corrected chi connectivity index (χ3v) is 2.13. The Morgan fingerprint density at radius 1 is 1.47 bits per heavy atom. The predicted octanol–water partition coefficient (Wildman–Crippen LogP) is 2.34. The summed E-state index contributed by atoms with van der Waals surface area (Å²) in [6.07, 6.45) is 5.55. The number of aromatic amines is 1.